The van der Waals surface area contributed by atoms with E-state index >= 15 is 0 Å². The summed E-state index contributed by atoms with van der Waals surface area (Å²) in [6.45, 7) is 2.16. The molecule has 18 heavy (non-hydrogen) atoms. The average Bonchev–Trinajstić information content (AvgIpc) is 2.30. The first-order valence-electron chi connectivity index (χ1n) is 5.33. The summed E-state index contributed by atoms with van der Waals surface area (Å²) in [5, 5.41) is 1.12. The molecule has 0 atom stereocenters. The molecule has 0 bridgehead atoms. The van der Waals surface area contributed by atoms with Gasteiger partial charge in [-0.15, -0.1) is 0 Å². The maximum atomic E-state index is 11.4. The molecule has 0 aliphatic heterocycles. The number of benzene rings is 1. The van der Waals surface area contributed by atoms with E-state index in [0.717, 1.165) is 10.5 Å². The number of halogens is 1. The summed E-state index contributed by atoms with van der Waals surface area (Å²) in [5.41, 5.74) is 7.09. The molecule has 0 saturated carbocycles. The smallest absolute Gasteiger partial charge is 0.251 e. The molecule has 0 radical (unpaired) electrons. The van der Waals surface area contributed by atoms with Gasteiger partial charge in [-0.3, -0.25) is 4.79 Å². The van der Waals surface area contributed by atoms with Crippen molar-refractivity contribution in [3.8, 4) is 0 Å². The van der Waals surface area contributed by atoms with E-state index in [9.17, 15) is 4.79 Å². The van der Waals surface area contributed by atoms with Gasteiger partial charge in [-0.2, -0.15) is 0 Å². The summed E-state index contributed by atoms with van der Waals surface area (Å²) in [6.07, 6.45) is 0. The monoisotopic (exact) mass is 281 g/mol. The Bertz CT molecular complexity index is 627. The minimum atomic E-state index is -0.175. The van der Waals surface area contributed by atoms with Crippen LogP contribution in [-0.4, -0.2) is 9.97 Å². The van der Waals surface area contributed by atoms with Gasteiger partial charge in [0.25, 0.3) is 5.56 Å². The lowest BCUT2D eigenvalue weighted by molar-refractivity contribution is 0.903. The number of hydrogen-bond donors (Lipinski definition) is 2. The Morgan fingerprint density at radius 3 is 2.94 bits per heavy atom. The van der Waals surface area contributed by atoms with Gasteiger partial charge in [0.2, 0.25) is 0 Å². The molecule has 2 aromatic rings. The number of hydrogen-bond acceptors (Lipinski definition) is 4. The molecule has 3 N–H and O–H groups in total. The summed E-state index contributed by atoms with van der Waals surface area (Å²) in [4.78, 5) is 19.1. The molecule has 0 unspecified atom stereocenters. The maximum Gasteiger partial charge on any atom is 0.251 e. The Balaban J connectivity index is 2.42. The maximum absolute atomic E-state index is 11.4. The van der Waals surface area contributed by atoms with Crippen LogP contribution >= 0.6 is 23.4 Å². The molecule has 94 valence electrons. The molecule has 0 saturated heterocycles. The van der Waals surface area contributed by atoms with Crippen molar-refractivity contribution in [2.75, 3.05) is 0 Å². The predicted molar refractivity (Wildman–Crippen MR) is 73.1 cm³/mol. The molecule has 0 aliphatic rings. The van der Waals surface area contributed by atoms with Crippen molar-refractivity contribution in [3.05, 3.63) is 50.9 Å². The van der Waals surface area contributed by atoms with E-state index in [0.29, 0.717) is 22.4 Å². The Morgan fingerprint density at radius 2 is 2.28 bits per heavy atom. The first-order valence-corrected chi connectivity index (χ1v) is 6.53. The second-order valence-electron chi connectivity index (χ2n) is 3.73. The Kier molecular flexibility index (Phi) is 4.06. The van der Waals surface area contributed by atoms with Gasteiger partial charge < -0.3 is 10.7 Å². The Labute approximate surface area is 114 Å². The van der Waals surface area contributed by atoms with E-state index in [2.05, 4.69) is 9.97 Å². The molecule has 0 fully saturated rings. The van der Waals surface area contributed by atoms with Crippen LogP contribution < -0.4 is 11.3 Å². The highest BCUT2D eigenvalue weighted by Crippen LogP contribution is 2.33. The number of aryl methyl sites for hydroxylation is 1. The SMILES string of the molecule is Cc1cc(=O)[nH]c(Sc2c(Cl)cccc2CN)n1. The average molecular weight is 282 g/mol. The molecule has 1 heterocycles. The number of H-pyrrole nitrogens is 1. The minimum absolute atomic E-state index is 0.175. The third-order valence-electron chi connectivity index (χ3n) is 2.32. The molecule has 0 amide bonds. The number of rotatable bonds is 3. The van der Waals surface area contributed by atoms with Crippen molar-refractivity contribution in [3.63, 3.8) is 0 Å². The van der Waals surface area contributed by atoms with E-state index < -0.39 is 0 Å². The summed E-state index contributed by atoms with van der Waals surface area (Å²) in [7, 11) is 0. The fourth-order valence-electron chi connectivity index (χ4n) is 1.53. The van der Waals surface area contributed by atoms with Crippen LogP contribution in [0.3, 0.4) is 0 Å². The van der Waals surface area contributed by atoms with Gasteiger partial charge in [0.15, 0.2) is 5.16 Å². The van der Waals surface area contributed by atoms with Crippen molar-refractivity contribution in [1.82, 2.24) is 9.97 Å². The van der Waals surface area contributed by atoms with E-state index in [4.69, 9.17) is 17.3 Å². The highest BCUT2D eigenvalue weighted by molar-refractivity contribution is 7.99. The number of aromatic amines is 1. The van der Waals surface area contributed by atoms with Gasteiger partial charge in [-0.25, -0.2) is 4.98 Å². The summed E-state index contributed by atoms with van der Waals surface area (Å²) < 4.78 is 0. The normalized spacial score (nSPS) is 10.6. The van der Waals surface area contributed by atoms with Crippen LogP contribution in [0.4, 0.5) is 0 Å². The van der Waals surface area contributed by atoms with Crippen molar-refractivity contribution < 1.29 is 0 Å². The van der Waals surface area contributed by atoms with Crippen molar-refractivity contribution in [1.29, 1.82) is 0 Å². The molecule has 4 nitrogen and oxygen atoms in total. The summed E-state index contributed by atoms with van der Waals surface area (Å²) in [6, 6.07) is 6.99. The topological polar surface area (TPSA) is 71.8 Å². The fourth-order valence-corrected chi connectivity index (χ4v) is 2.82. The number of nitrogens with two attached hydrogens (primary N) is 1. The van der Waals surface area contributed by atoms with Gasteiger partial charge in [-0.1, -0.05) is 23.7 Å². The van der Waals surface area contributed by atoms with Crippen LogP contribution in [0.2, 0.25) is 5.02 Å². The Hall–Kier alpha value is -1.30. The van der Waals surface area contributed by atoms with Crippen LogP contribution in [0.25, 0.3) is 0 Å². The third-order valence-corrected chi connectivity index (χ3v) is 3.82. The van der Waals surface area contributed by atoms with Crippen molar-refractivity contribution in [2.45, 2.75) is 23.5 Å². The molecule has 1 aromatic carbocycles. The van der Waals surface area contributed by atoms with E-state index in [1.807, 2.05) is 12.1 Å². The number of nitrogens with one attached hydrogen (secondary N) is 1. The van der Waals surface area contributed by atoms with Gasteiger partial charge >= 0.3 is 0 Å². The first kappa shape index (κ1) is 13.1. The lowest BCUT2D eigenvalue weighted by Crippen LogP contribution is -2.08. The second-order valence-corrected chi connectivity index (χ2v) is 5.13. The third kappa shape index (κ3) is 2.93. The predicted octanol–water partition coefficient (Wildman–Crippen LogP) is 2.34. The zero-order valence-corrected chi connectivity index (χ0v) is 11.3. The standard InChI is InChI=1S/C12H12ClN3OS/c1-7-5-10(17)16-12(15-7)18-11-8(6-14)3-2-4-9(11)13/h2-5H,6,14H2,1H3,(H,15,16,17). The summed E-state index contributed by atoms with van der Waals surface area (Å²) >= 11 is 7.46. The lowest BCUT2D eigenvalue weighted by atomic mass is 10.2. The van der Waals surface area contributed by atoms with Crippen LogP contribution in [0.5, 0.6) is 0 Å². The quantitative estimate of drug-likeness (QED) is 0.847. The van der Waals surface area contributed by atoms with Crippen LogP contribution in [0, 0.1) is 6.92 Å². The van der Waals surface area contributed by atoms with Crippen LogP contribution in [0.15, 0.2) is 39.1 Å². The number of aromatic nitrogens is 2. The summed E-state index contributed by atoms with van der Waals surface area (Å²) in [5.74, 6) is 0. The molecule has 1 aromatic heterocycles. The molecular formula is C12H12ClN3OS. The van der Waals surface area contributed by atoms with E-state index in [1.54, 1.807) is 13.0 Å². The molecule has 6 heteroatoms. The zero-order valence-electron chi connectivity index (χ0n) is 9.74. The van der Waals surface area contributed by atoms with Crippen molar-refractivity contribution >= 4 is 23.4 Å². The van der Waals surface area contributed by atoms with Gasteiger partial charge in [0.1, 0.15) is 0 Å². The molecular weight excluding hydrogens is 270 g/mol. The van der Waals surface area contributed by atoms with Crippen LogP contribution in [0.1, 0.15) is 11.3 Å². The van der Waals surface area contributed by atoms with E-state index in [1.165, 1.54) is 17.8 Å². The molecule has 2 rings (SSSR count). The first-order chi connectivity index (χ1) is 8.60. The Morgan fingerprint density at radius 1 is 1.50 bits per heavy atom. The largest absolute Gasteiger partial charge is 0.326 e. The lowest BCUT2D eigenvalue weighted by Gasteiger charge is -2.08. The van der Waals surface area contributed by atoms with Crippen molar-refractivity contribution in [2.24, 2.45) is 5.73 Å². The van der Waals surface area contributed by atoms with Gasteiger partial charge in [0.05, 0.1) is 5.02 Å². The zero-order chi connectivity index (χ0) is 13.1. The second kappa shape index (κ2) is 5.56. The molecule has 0 aliphatic carbocycles. The number of nitrogens with zero attached hydrogens (tertiary/aromatic N) is 1. The molecule has 0 spiro atoms. The van der Waals surface area contributed by atoms with Crippen LogP contribution in [-0.2, 0) is 6.54 Å². The fraction of sp³-hybridized carbons (Fsp3) is 0.167. The minimum Gasteiger partial charge on any atom is -0.326 e. The highest BCUT2D eigenvalue weighted by atomic mass is 35.5. The highest BCUT2D eigenvalue weighted by Gasteiger charge is 2.09. The van der Waals surface area contributed by atoms with E-state index in [-0.39, 0.29) is 5.56 Å². The van der Waals surface area contributed by atoms with Gasteiger partial charge in [0, 0.05) is 23.2 Å². The van der Waals surface area contributed by atoms with Gasteiger partial charge in [-0.05, 0) is 30.3 Å².